The second-order valence-corrected chi connectivity index (χ2v) is 3.45. The number of hydrogen-bond donors (Lipinski definition) is 0. The van der Waals surface area contributed by atoms with Crippen molar-refractivity contribution < 1.29 is 12.6 Å². The first-order valence-electron chi connectivity index (χ1n) is 2.30. The molecule has 0 aliphatic heterocycles. The molecule has 0 spiro atoms. The van der Waals surface area contributed by atoms with Gasteiger partial charge in [0.15, 0.2) is 0 Å². The molecule has 0 saturated carbocycles. The zero-order valence-corrected chi connectivity index (χ0v) is 6.03. The molecule has 0 radical (unpaired) electrons. The van der Waals surface area contributed by atoms with E-state index in [4.69, 9.17) is 0 Å². The van der Waals surface area contributed by atoms with E-state index in [9.17, 15) is 8.42 Å². The summed E-state index contributed by atoms with van der Waals surface area (Å²) in [6.07, 6.45) is 0.789. The summed E-state index contributed by atoms with van der Waals surface area (Å²) >= 11 is 0. The van der Waals surface area contributed by atoms with Gasteiger partial charge >= 0.3 is 29.6 Å². The molecular formula is C4H11NaO3S. The average molecular weight is 162 g/mol. The summed E-state index contributed by atoms with van der Waals surface area (Å²) in [7, 11) is -3.22. The Kier molecular flexibility index (Phi) is 6.54. The SMILES string of the molecule is CC(C)OS(C)(=O)=O.[NaH]. The fraction of sp³-hybridized carbons (Fsp3) is 1.00. The molecule has 9 heavy (non-hydrogen) atoms. The van der Waals surface area contributed by atoms with E-state index < -0.39 is 10.1 Å². The standard InChI is InChI=1S/C4H10O3S.Na.H/c1-4(2)7-8(3,5)6;;/h4H,1-3H3;;. The molecule has 0 saturated heterocycles. The fourth-order valence-electron chi connectivity index (χ4n) is 0.350. The second-order valence-electron chi connectivity index (χ2n) is 1.85. The Morgan fingerprint density at radius 2 is 1.67 bits per heavy atom. The fourth-order valence-corrected chi connectivity index (χ4v) is 1.05. The normalized spacial score (nSPS) is 11.1. The molecule has 0 aliphatic carbocycles. The van der Waals surface area contributed by atoms with Crippen molar-refractivity contribution in [2.75, 3.05) is 6.26 Å². The Bertz CT molecular complexity index is 149. The quantitative estimate of drug-likeness (QED) is 0.414. The van der Waals surface area contributed by atoms with E-state index in [0.29, 0.717) is 0 Å². The second kappa shape index (κ2) is 4.68. The van der Waals surface area contributed by atoms with E-state index >= 15 is 0 Å². The van der Waals surface area contributed by atoms with Crippen molar-refractivity contribution in [3.8, 4) is 0 Å². The van der Waals surface area contributed by atoms with Crippen LogP contribution in [0.5, 0.6) is 0 Å². The Morgan fingerprint density at radius 3 is 1.67 bits per heavy atom. The molecule has 0 atom stereocenters. The third kappa shape index (κ3) is 12.2. The van der Waals surface area contributed by atoms with E-state index in [2.05, 4.69) is 4.18 Å². The molecule has 0 aromatic rings. The zero-order chi connectivity index (χ0) is 6.78. The Labute approximate surface area is 78.2 Å². The predicted molar refractivity (Wildman–Crippen MR) is 38.2 cm³/mol. The Morgan fingerprint density at radius 1 is 1.33 bits per heavy atom. The summed E-state index contributed by atoms with van der Waals surface area (Å²) in [5.41, 5.74) is 0. The van der Waals surface area contributed by atoms with E-state index in [1.807, 2.05) is 0 Å². The van der Waals surface area contributed by atoms with Crippen molar-refractivity contribution >= 4 is 39.7 Å². The molecular weight excluding hydrogens is 151 g/mol. The molecule has 3 nitrogen and oxygen atoms in total. The van der Waals surface area contributed by atoms with Gasteiger partial charge in [-0.05, 0) is 13.8 Å². The molecule has 0 aromatic carbocycles. The molecule has 0 aromatic heterocycles. The molecule has 0 N–H and O–H groups in total. The summed E-state index contributed by atoms with van der Waals surface area (Å²) in [5.74, 6) is 0. The molecule has 0 amide bonds. The maximum atomic E-state index is 10.2. The van der Waals surface area contributed by atoms with Crippen LogP contribution < -0.4 is 0 Å². The number of rotatable bonds is 2. The van der Waals surface area contributed by atoms with Crippen molar-refractivity contribution in [2.24, 2.45) is 0 Å². The van der Waals surface area contributed by atoms with E-state index in [1.165, 1.54) is 0 Å². The van der Waals surface area contributed by atoms with Crippen LogP contribution in [0.3, 0.4) is 0 Å². The van der Waals surface area contributed by atoms with Crippen LogP contribution in [0.1, 0.15) is 13.8 Å². The van der Waals surface area contributed by atoms with Crippen LogP contribution in [0.15, 0.2) is 0 Å². The van der Waals surface area contributed by atoms with Gasteiger partial charge < -0.3 is 0 Å². The van der Waals surface area contributed by atoms with Gasteiger partial charge in [-0.2, -0.15) is 8.42 Å². The minimum absolute atomic E-state index is 0. The Balaban J connectivity index is 0. The van der Waals surface area contributed by atoms with Gasteiger partial charge in [0, 0.05) is 0 Å². The first-order valence-corrected chi connectivity index (χ1v) is 4.12. The molecule has 0 heterocycles. The van der Waals surface area contributed by atoms with Crippen molar-refractivity contribution in [1.29, 1.82) is 0 Å². The molecule has 0 aliphatic rings. The van der Waals surface area contributed by atoms with Gasteiger partial charge in [-0.1, -0.05) is 0 Å². The topological polar surface area (TPSA) is 43.4 Å². The van der Waals surface area contributed by atoms with E-state index in [1.54, 1.807) is 13.8 Å². The molecule has 0 unspecified atom stereocenters. The minimum atomic E-state index is -3.22. The van der Waals surface area contributed by atoms with Crippen LogP contribution >= 0.6 is 0 Å². The monoisotopic (exact) mass is 162 g/mol. The number of hydrogen-bond acceptors (Lipinski definition) is 3. The molecule has 52 valence electrons. The third-order valence-corrected chi connectivity index (χ3v) is 1.10. The summed E-state index contributed by atoms with van der Waals surface area (Å²) < 4.78 is 24.8. The van der Waals surface area contributed by atoms with Crippen molar-refractivity contribution in [3.05, 3.63) is 0 Å². The van der Waals surface area contributed by atoms with Crippen molar-refractivity contribution in [3.63, 3.8) is 0 Å². The first-order chi connectivity index (χ1) is 3.42. The van der Waals surface area contributed by atoms with Crippen molar-refractivity contribution in [2.45, 2.75) is 20.0 Å². The van der Waals surface area contributed by atoms with Crippen LogP contribution in [0.25, 0.3) is 0 Å². The first kappa shape index (κ1) is 12.6. The van der Waals surface area contributed by atoms with Gasteiger partial charge in [0.05, 0.1) is 12.4 Å². The Hall–Kier alpha value is 0.910. The van der Waals surface area contributed by atoms with Crippen LogP contribution in [0, 0.1) is 0 Å². The van der Waals surface area contributed by atoms with Gasteiger partial charge in [-0.3, -0.25) is 4.18 Å². The van der Waals surface area contributed by atoms with E-state index in [0.717, 1.165) is 6.26 Å². The average Bonchev–Trinajstić information content (AvgIpc) is 1.21. The molecule has 0 bridgehead atoms. The van der Waals surface area contributed by atoms with Crippen LogP contribution in [-0.4, -0.2) is 50.3 Å². The summed E-state index contributed by atoms with van der Waals surface area (Å²) in [6.45, 7) is 3.34. The zero-order valence-electron chi connectivity index (χ0n) is 5.21. The summed E-state index contributed by atoms with van der Waals surface area (Å²) in [4.78, 5) is 0. The molecule has 0 rings (SSSR count). The van der Waals surface area contributed by atoms with Gasteiger partial charge in [0.2, 0.25) is 0 Å². The van der Waals surface area contributed by atoms with E-state index in [-0.39, 0.29) is 35.7 Å². The molecule has 0 fully saturated rings. The van der Waals surface area contributed by atoms with Gasteiger partial charge in [-0.15, -0.1) is 0 Å². The third-order valence-electron chi connectivity index (χ3n) is 0.367. The van der Waals surface area contributed by atoms with Crippen LogP contribution in [-0.2, 0) is 14.3 Å². The predicted octanol–water partition coefficient (Wildman–Crippen LogP) is -0.277. The molecule has 5 heteroatoms. The summed E-state index contributed by atoms with van der Waals surface area (Å²) in [6, 6.07) is 0. The summed E-state index contributed by atoms with van der Waals surface area (Å²) in [5, 5.41) is 0. The van der Waals surface area contributed by atoms with Gasteiger partial charge in [0.1, 0.15) is 0 Å². The maximum absolute atomic E-state index is 10.2. The van der Waals surface area contributed by atoms with Crippen LogP contribution in [0.2, 0.25) is 0 Å². The van der Waals surface area contributed by atoms with Crippen LogP contribution in [0.4, 0.5) is 0 Å². The van der Waals surface area contributed by atoms with Gasteiger partial charge in [-0.25, -0.2) is 0 Å². The van der Waals surface area contributed by atoms with Gasteiger partial charge in [0.25, 0.3) is 10.1 Å². The van der Waals surface area contributed by atoms with Crippen molar-refractivity contribution in [1.82, 2.24) is 0 Å².